The SMILES string of the molecule is Cc1ccccc1C(=O)N[C@H](C(=O)Nc1ncn[nH]1)C(C)C. The zero-order valence-electron chi connectivity index (χ0n) is 12.8. The molecule has 1 aromatic carbocycles. The summed E-state index contributed by atoms with van der Waals surface area (Å²) >= 11 is 0. The van der Waals surface area contributed by atoms with Gasteiger partial charge in [-0.05, 0) is 24.5 Å². The monoisotopic (exact) mass is 301 g/mol. The number of nitrogens with zero attached hydrogens (tertiary/aromatic N) is 2. The van der Waals surface area contributed by atoms with Crippen molar-refractivity contribution in [3.8, 4) is 0 Å². The Morgan fingerprint density at radius 2 is 1.95 bits per heavy atom. The van der Waals surface area contributed by atoms with E-state index < -0.39 is 6.04 Å². The number of aryl methyl sites for hydroxylation is 1. The highest BCUT2D eigenvalue weighted by Gasteiger charge is 2.25. The van der Waals surface area contributed by atoms with Gasteiger partial charge in [0, 0.05) is 5.56 Å². The first-order valence-corrected chi connectivity index (χ1v) is 7.01. The lowest BCUT2D eigenvalue weighted by Gasteiger charge is -2.21. The second-order valence-electron chi connectivity index (χ2n) is 5.33. The van der Waals surface area contributed by atoms with Crippen LogP contribution in [0, 0.1) is 12.8 Å². The Morgan fingerprint density at radius 3 is 2.55 bits per heavy atom. The minimum Gasteiger partial charge on any atom is -0.340 e. The molecule has 3 N–H and O–H groups in total. The molecule has 0 radical (unpaired) electrons. The molecule has 2 amide bonds. The van der Waals surface area contributed by atoms with Crippen LogP contribution in [0.3, 0.4) is 0 Å². The molecule has 0 fully saturated rings. The van der Waals surface area contributed by atoms with Crippen LogP contribution in [0.15, 0.2) is 30.6 Å². The summed E-state index contributed by atoms with van der Waals surface area (Å²) in [7, 11) is 0. The maximum atomic E-state index is 12.4. The summed E-state index contributed by atoms with van der Waals surface area (Å²) in [6.07, 6.45) is 1.30. The van der Waals surface area contributed by atoms with Crippen LogP contribution < -0.4 is 10.6 Å². The second kappa shape index (κ2) is 6.84. The fourth-order valence-electron chi connectivity index (χ4n) is 2.04. The summed E-state index contributed by atoms with van der Waals surface area (Å²) in [4.78, 5) is 28.5. The third kappa shape index (κ3) is 3.69. The van der Waals surface area contributed by atoms with Crippen LogP contribution in [0.1, 0.15) is 29.8 Å². The molecule has 0 spiro atoms. The summed E-state index contributed by atoms with van der Waals surface area (Å²) in [5.41, 5.74) is 1.42. The molecule has 7 nitrogen and oxygen atoms in total. The largest absolute Gasteiger partial charge is 0.340 e. The standard InChI is InChI=1S/C15H19N5O2/c1-9(2)12(14(22)19-15-16-8-17-20-15)18-13(21)11-7-5-4-6-10(11)3/h4-9,12H,1-3H3,(H,18,21)(H2,16,17,19,20,22)/t12-/m0/s1. The predicted molar refractivity (Wildman–Crippen MR) is 82.3 cm³/mol. The molecule has 0 aliphatic heterocycles. The maximum Gasteiger partial charge on any atom is 0.252 e. The zero-order valence-corrected chi connectivity index (χ0v) is 12.8. The van der Waals surface area contributed by atoms with Crippen molar-refractivity contribution >= 4 is 17.8 Å². The predicted octanol–water partition coefficient (Wildman–Crippen LogP) is 1.51. The fraction of sp³-hybridized carbons (Fsp3) is 0.333. The van der Waals surface area contributed by atoms with Crippen molar-refractivity contribution in [2.24, 2.45) is 5.92 Å². The first-order chi connectivity index (χ1) is 10.5. The van der Waals surface area contributed by atoms with E-state index in [-0.39, 0.29) is 23.7 Å². The number of H-pyrrole nitrogens is 1. The highest BCUT2D eigenvalue weighted by atomic mass is 16.2. The van der Waals surface area contributed by atoms with Crippen LogP contribution in [-0.4, -0.2) is 33.0 Å². The van der Waals surface area contributed by atoms with Crippen molar-refractivity contribution in [1.82, 2.24) is 20.5 Å². The van der Waals surface area contributed by atoms with E-state index in [2.05, 4.69) is 25.8 Å². The molecule has 2 aromatic rings. The van der Waals surface area contributed by atoms with Crippen LogP contribution in [-0.2, 0) is 4.79 Å². The molecule has 7 heteroatoms. The molecule has 0 aliphatic carbocycles. The number of aromatic amines is 1. The van der Waals surface area contributed by atoms with Gasteiger partial charge in [-0.3, -0.25) is 14.9 Å². The van der Waals surface area contributed by atoms with Gasteiger partial charge in [0.1, 0.15) is 12.4 Å². The third-order valence-electron chi connectivity index (χ3n) is 3.28. The Labute approximate surface area is 128 Å². The van der Waals surface area contributed by atoms with Crippen molar-refractivity contribution in [1.29, 1.82) is 0 Å². The van der Waals surface area contributed by atoms with E-state index in [0.29, 0.717) is 5.56 Å². The highest BCUT2D eigenvalue weighted by Crippen LogP contribution is 2.10. The summed E-state index contributed by atoms with van der Waals surface area (Å²) in [6.45, 7) is 5.58. The van der Waals surface area contributed by atoms with E-state index in [1.807, 2.05) is 32.9 Å². The number of anilines is 1. The van der Waals surface area contributed by atoms with Crippen molar-refractivity contribution in [3.05, 3.63) is 41.7 Å². The number of carbonyl (C=O) groups is 2. The van der Waals surface area contributed by atoms with Gasteiger partial charge < -0.3 is 5.32 Å². The van der Waals surface area contributed by atoms with Gasteiger partial charge in [-0.2, -0.15) is 10.1 Å². The molecule has 2 rings (SSSR count). The fourth-order valence-corrected chi connectivity index (χ4v) is 2.04. The van der Waals surface area contributed by atoms with Gasteiger partial charge in [-0.25, -0.2) is 5.10 Å². The normalized spacial score (nSPS) is 12.0. The first-order valence-electron chi connectivity index (χ1n) is 7.01. The third-order valence-corrected chi connectivity index (χ3v) is 3.28. The molecule has 116 valence electrons. The quantitative estimate of drug-likeness (QED) is 0.779. The van der Waals surface area contributed by atoms with E-state index in [9.17, 15) is 9.59 Å². The van der Waals surface area contributed by atoms with E-state index in [1.54, 1.807) is 12.1 Å². The van der Waals surface area contributed by atoms with E-state index >= 15 is 0 Å². The number of nitrogens with one attached hydrogen (secondary N) is 3. The van der Waals surface area contributed by atoms with Gasteiger partial charge in [-0.15, -0.1) is 0 Å². The molecule has 1 aromatic heterocycles. The van der Waals surface area contributed by atoms with Gasteiger partial charge in [-0.1, -0.05) is 32.0 Å². The van der Waals surface area contributed by atoms with Crippen LogP contribution in [0.5, 0.6) is 0 Å². The number of hydrogen-bond acceptors (Lipinski definition) is 4. The smallest absolute Gasteiger partial charge is 0.252 e. The lowest BCUT2D eigenvalue weighted by Crippen LogP contribution is -2.47. The number of hydrogen-bond donors (Lipinski definition) is 3. The average molecular weight is 301 g/mol. The molecular formula is C15H19N5O2. The number of benzene rings is 1. The van der Waals surface area contributed by atoms with E-state index in [4.69, 9.17) is 0 Å². The van der Waals surface area contributed by atoms with Crippen molar-refractivity contribution < 1.29 is 9.59 Å². The highest BCUT2D eigenvalue weighted by molar-refractivity contribution is 6.01. The molecule has 1 heterocycles. The molecule has 0 aliphatic rings. The van der Waals surface area contributed by atoms with Crippen molar-refractivity contribution in [2.75, 3.05) is 5.32 Å². The summed E-state index contributed by atoms with van der Waals surface area (Å²) in [5, 5.41) is 11.6. The minimum absolute atomic E-state index is 0.0733. The molecule has 22 heavy (non-hydrogen) atoms. The van der Waals surface area contributed by atoms with Crippen LogP contribution in [0.25, 0.3) is 0 Å². The summed E-state index contributed by atoms with van der Waals surface area (Å²) in [6, 6.07) is 6.57. The van der Waals surface area contributed by atoms with Gasteiger partial charge in [0.15, 0.2) is 0 Å². The lowest BCUT2D eigenvalue weighted by atomic mass is 10.0. The molecule has 0 bridgehead atoms. The number of amides is 2. The molecule has 0 saturated carbocycles. The summed E-state index contributed by atoms with van der Waals surface area (Å²) < 4.78 is 0. The number of carbonyl (C=O) groups excluding carboxylic acids is 2. The molecular weight excluding hydrogens is 282 g/mol. The Hall–Kier alpha value is -2.70. The second-order valence-corrected chi connectivity index (χ2v) is 5.33. The molecule has 0 unspecified atom stereocenters. The van der Waals surface area contributed by atoms with Gasteiger partial charge >= 0.3 is 0 Å². The topological polar surface area (TPSA) is 99.8 Å². The van der Waals surface area contributed by atoms with Crippen LogP contribution in [0.4, 0.5) is 5.95 Å². The van der Waals surface area contributed by atoms with E-state index in [1.165, 1.54) is 6.33 Å². The van der Waals surface area contributed by atoms with Crippen molar-refractivity contribution in [3.63, 3.8) is 0 Å². The van der Waals surface area contributed by atoms with Gasteiger partial charge in [0.2, 0.25) is 11.9 Å². The van der Waals surface area contributed by atoms with Gasteiger partial charge in [0.25, 0.3) is 5.91 Å². The van der Waals surface area contributed by atoms with E-state index in [0.717, 1.165) is 5.56 Å². The first kappa shape index (κ1) is 15.7. The van der Waals surface area contributed by atoms with Crippen LogP contribution >= 0.6 is 0 Å². The maximum absolute atomic E-state index is 12.4. The molecule has 1 atom stereocenters. The Morgan fingerprint density at radius 1 is 1.23 bits per heavy atom. The minimum atomic E-state index is -0.669. The summed E-state index contributed by atoms with van der Waals surface area (Å²) in [5.74, 6) is -0.435. The zero-order chi connectivity index (χ0) is 16.1. The number of aromatic nitrogens is 3. The average Bonchev–Trinajstić information content (AvgIpc) is 2.97. The Balaban J connectivity index is 2.10. The van der Waals surface area contributed by atoms with Crippen LogP contribution in [0.2, 0.25) is 0 Å². The Bertz CT molecular complexity index is 652. The van der Waals surface area contributed by atoms with Gasteiger partial charge in [0.05, 0.1) is 0 Å². The Kier molecular flexibility index (Phi) is 4.88. The van der Waals surface area contributed by atoms with Crippen molar-refractivity contribution in [2.45, 2.75) is 26.8 Å². The number of rotatable bonds is 5. The lowest BCUT2D eigenvalue weighted by molar-refractivity contribution is -0.118. The molecule has 0 saturated heterocycles.